The summed E-state index contributed by atoms with van der Waals surface area (Å²) in [6.45, 7) is 1.94. The van der Waals surface area contributed by atoms with Crippen molar-refractivity contribution >= 4 is 11.9 Å². The first-order valence-corrected chi connectivity index (χ1v) is 6.54. The van der Waals surface area contributed by atoms with Crippen molar-refractivity contribution in [2.75, 3.05) is 13.7 Å². The third-order valence-corrected chi connectivity index (χ3v) is 2.82. The summed E-state index contributed by atoms with van der Waals surface area (Å²) in [6.07, 6.45) is 0. The largest absolute Gasteiger partial charge is 0.461 e. The lowest BCUT2D eigenvalue weighted by atomic mass is 10.1. The number of aromatic nitrogens is 3. The van der Waals surface area contributed by atoms with Gasteiger partial charge in [0.2, 0.25) is 5.91 Å². The van der Waals surface area contributed by atoms with Gasteiger partial charge in [-0.25, -0.2) is 9.48 Å². The minimum atomic E-state index is -0.556. The molecular formula is C14H16N4O3. The van der Waals surface area contributed by atoms with E-state index >= 15 is 0 Å². The van der Waals surface area contributed by atoms with Gasteiger partial charge in [-0.05, 0) is 6.92 Å². The van der Waals surface area contributed by atoms with E-state index in [4.69, 9.17) is 4.74 Å². The number of hydrogen-bond acceptors (Lipinski definition) is 5. The van der Waals surface area contributed by atoms with Gasteiger partial charge >= 0.3 is 5.97 Å². The van der Waals surface area contributed by atoms with E-state index < -0.39 is 5.97 Å². The number of nitrogens with zero attached hydrogens (tertiary/aromatic N) is 3. The summed E-state index contributed by atoms with van der Waals surface area (Å²) in [5.41, 5.74) is 1.32. The first-order chi connectivity index (χ1) is 10.2. The van der Waals surface area contributed by atoms with Crippen LogP contribution < -0.4 is 5.32 Å². The van der Waals surface area contributed by atoms with Crippen LogP contribution in [-0.2, 0) is 16.1 Å². The maximum Gasteiger partial charge on any atom is 0.361 e. The molecule has 0 aliphatic heterocycles. The molecule has 0 fully saturated rings. The van der Waals surface area contributed by atoms with Gasteiger partial charge in [0.25, 0.3) is 0 Å². The molecule has 0 bridgehead atoms. The summed E-state index contributed by atoms with van der Waals surface area (Å²) in [6, 6.07) is 9.17. The summed E-state index contributed by atoms with van der Waals surface area (Å²) in [4.78, 5) is 23.5. The quantitative estimate of drug-likeness (QED) is 0.825. The highest BCUT2D eigenvalue weighted by molar-refractivity contribution is 5.94. The molecular weight excluding hydrogens is 272 g/mol. The van der Waals surface area contributed by atoms with Crippen LogP contribution in [0.1, 0.15) is 17.4 Å². The summed E-state index contributed by atoms with van der Waals surface area (Å²) >= 11 is 0. The van der Waals surface area contributed by atoms with Gasteiger partial charge in [0.1, 0.15) is 12.2 Å². The fourth-order valence-electron chi connectivity index (χ4n) is 1.86. The second-order valence-corrected chi connectivity index (χ2v) is 4.20. The van der Waals surface area contributed by atoms with Crippen LogP contribution in [0.5, 0.6) is 0 Å². The number of amides is 1. The predicted octanol–water partition coefficient (Wildman–Crippen LogP) is 0.868. The van der Waals surface area contributed by atoms with Gasteiger partial charge in [-0.2, -0.15) is 0 Å². The molecule has 0 spiro atoms. The van der Waals surface area contributed by atoms with Gasteiger partial charge in [0.05, 0.1) is 6.61 Å². The zero-order valence-corrected chi connectivity index (χ0v) is 11.9. The summed E-state index contributed by atoms with van der Waals surface area (Å²) < 4.78 is 6.37. The van der Waals surface area contributed by atoms with Gasteiger partial charge in [0, 0.05) is 12.6 Å². The first-order valence-electron chi connectivity index (χ1n) is 6.54. The van der Waals surface area contributed by atoms with Crippen molar-refractivity contribution < 1.29 is 14.3 Å². The Hall–Kier alpha value is -2.70. The Morgan fingerprint density at radius 1 is 1.29 bits per heavy atom. The molecule has 2 rings (SSSR count). The number of likely N-dealkylation sites (N-methyl/N-ethyl adjacent to an activating group) is 1. The average Bonchev–Trinajstić information content (AvgIpc) is 2.92. The molecule has 7 heteroatoms. The van der Waals surface area contributed by atoms with Crippen LogP contribution in [0.4, 0.5) is 0 Å². The molecule has 1 aromatic carbocycles. The van der Waals surface area contributed by atoms with E-state index in [9.17, 15) is 9.59 Å². The highest BCUT2D eigenvalue weighted by atomic mass is 16.5. The Morgan fingerprint density at radius 3 is 2.62 bits per heavy atom. The average molecular weight is 288 g/mol. The molecule has 1 N–H and O–H groups in total. The van der Waals surface area contributed by atoms with Gasteiger partial charge in [-0.3, -0.25) is 4.79 Å². The van der Waals surface area contributed by atoms with Crippen LogP contribution in [-0.4, -0.2) is 40.5 Å². The van der Waals surface area contributed by atoms with Crippen molar-refractivity contribution in [2.45, 2.75) is 13.5 Å². The van der Waals surface area contributed by atoms with Crippen molar-refractivity contribution in [3.8, 4) is 11.3 Å². The van der Waals surface area contributed by atoms with Crippen LogP contribution >= 0.6 is 0 Å². The van der Waals surface area contributed by atoms with E-state index in [1.807, 2.05) is 30.3 Å². The number of ether oxygens (including phenoxy) is 1. The monoisotopic (exact) mass is 288 g/mol. The number of rotatable bonds is 5. The number of nitrogens with one attached hydrogen (secondary N) is 1. The summed E-state index contributed by atoms with van der Waals surface area (Å²) in [5, 5.41) is 10.3. The van der Waals surface area contributed by atoms with Crippen LogP contribution in [0.3, 0.4) is 0 Å². The van der Waals surface area contributed by atoms with Crippen molar-refractivity contribution in [1.82, 2.24) is 20.3 Å². The van der Waals surface area contributed by atoms with Gasteiger partial charge in [-0.1, -0.05) is 35.5 Å². The molecule has 0 radical (unpaired) electrons. The molecule has 21 heavy (non-hydrogen) atoms. The predicted molar refractivity (Wildman–Crippen MR) is 75.5 cm³/mol. The Balaban J connectivity index is 2.48. The molecule has 0 atom stereocenters. The second kappa shape index (κ2) is 6.65. The zero-order chi connectivity index (χ0) is 15.2. The molecule has 0 saturated heterocycles. The molecule has 110 valence electrons. The molecule has 1 aromatic heterocycles. The summed E-state index contributed by atoms with van der Waals surface area (Å²) in [7, 11) is 1.54. The fraction of sp³-hybridized carbons (Fsp3) is 0.286. The maximum absolute atomic E-state index is 12.0. The lowest BCUT2D eigenvalue weighted by Crippen LogP contribution is -2.24. The fourth-order valence-corrected chi connectivity index (χ4v) is 1.86. The van der Waals surface area contributed by atoms with Crippen molar-refractivity contribution in [2.24, 2.45) is 0 Å². The highest BCUT2D eigenvalue weighted by Crippen LogP contribution is 2.22. The number of esters is 1. The van der Waals surface area contributed by atoms with Gasteiger partial charge < -0.3 is 10.1 Å². The minimum absolute atomic E-state index is 0.0207. The van der Waals surface area contributed by atoms with Crippen molar-refractivity contribution in [3.05, 3.63) is 36.0 Å². The number of benzene rings is 1. The van der Waals surface area contributed by atoms with E-state index in [-0.39, 0.29) is 24.8 Å². The van der Waals surface area contributed by atoms with Gasteiger partial charge in [0.15, 0.2) is 5.69 Å². The van der Waals surface area contributed by atoms with Gasteiger partial charge in [-0.15, -0.1) is 5.10 Å². The third kappa shape index (κ3) is 3.25. The molecule has 2 aromatic rings. The zero-order valence-electron chi connectivity index (χ0n) is 11.9. The van der Waals surface area contributed by atoms with E-state index in [0.717, 1.165) is 5.56 Å². The molecule has 0 unspecified atom stereocenters. The highest BCUT2D eigenvalue weighted by Gasteiger charge is 2.22. The lowest BCUT2D eigenvalue weighted by Gasteiger charge is -2.07. The van der Waals surface area contributed by atoms with E-state index in [1.165, 1.54) is 11.7 Å². The van der Waals surface area contributed by atoms with E-state index in [2.05, 4.69) is 15.6 Å². The first kappa shape index (κ1) is 14.7. The summed E-state index contributed by atoms with van der Waals surface area (Å²) in [5.74, 6) is -0.785. The molecule has 0 aliphatic carbocycles. The maximum atomic E-state index is 12.0. The topological polar surface area (TPSA) is 86.1 Å². The van der Waals surface area contributed by atoms with Crippen LogP contribution in [0.2, 0.25) is 0 Å². The Morgan fingerprint density at radius 2 is 2.00 bits per heavy atom. The Bertz CT molecular complexity index is 637. The molecule has 7 nitrogen and oxygen atoms in total. The Labute approximate surface area is 121 Å². The minimum Gasteiger partial charge on any atom is -0.461 e. The SMILES string of the molecule is CCOC(=O)c1nnn(CC(=O)NC)c1-c1ccccc1. The van der Waals surface area contributed by atoms with Crippen LogP contribution in [0.25, 0.3) is 11.3 Å². The molecule has 0 saturated carbocycles. The molecule has 1 heterocycles. The Kier molecular flexibility index (Phi) is 4.65. The molecule has 1 amide bonds. The van der Waals surface area contributed by atoms with Crippen molar-refractivity contribution in [3.63, 3.8) is 0 Å². The standard InChI is InChI=1S/C14H16N4O3/c1-3-21-14(20)12-13(10-7-5-4-6-8-10)18(17-16-12)9-11(19)15-2/h4-8H,3,9H2,1-2H3,(H,15,19). The van der Waals surface area contributed by atoms with E-state index in [0.29, 0.717) is 5.69 Å². The van der Waals surface area contributed by atoms with E-state index in [1.54, 1.807) is 6.92 Å². The molecule has 0 aliphatic rings. The lowest BCUT2D eigenvalue weighted by molar-refractivity contribution is -0.121. The second-order valence-electron chi connectivity index (χ2n) is 4.20. The number of carbonyl (C=O) groups excluding carboxylic acids is 2. The number of hydrogen-bond donors (Lipinski definition) is 1. The van der Waals surface area contributed by atoms with Crippen LogP contribution in [0.15, 0.2) is 30.3 Å². The smallest absolute Gasteiger partial charge is 0.361 e. The normalized spacial score (nSPS) is 10.2. The third-order valence-electron chi connectivity index (χ3n) is 2.82. The van der Waals surface area contributed by atoms with Crippen molar-refractivity contribution in [1.29, 1.82) is 0 Å². The number of carbonyl (C=O) groups is 2. The van der Waals surface area contributed by atoms with Crippen LogP contribution in [0, 0.1) is 0 Å².